The number of fused-ring (bicyclic) bond motifs is 1. The fourth-order valence-corrected chi connectivity index (χ4v) is 3.76. The van der Waals surface area contributed by atoms with E-state index in [-0.39, 0.29) is 18.1 Å². The maximum absolute atomic E-state index is 13.9. The van der Waals surface area contributed by atoms with Crippen LogP contribution in [0.15, 0.2) is 59.4 Å². The number of carbonyl (C=O) groups excluding carboxylic acids is 1. The van der Waals surface area contributed by atoms with Gasteiger partial charge in [0.15, 0.2) is 11.5 Å². The molecule has 0 aliphatic carbocycles. The van der Waals surface area contributed by atoms with Crippen LogP contribution in [-0.2, 0) is 11.3 Å². The SMILES string of the molecule is COc1cc(-c2nc3ccccc3c(=O)n2CC(=O)Nc2ccc(C)c(F)c2)cc(OC)c1OC. The van der Waals surface area contributed by atoms with E-state index < -0.39 is 17.3 Å². The number of anilines is 1. The summed E-state index contributed by atoms with van der Waals surface area (Å²) in [5.74, 6) is 0.406. The van der Waals surface area contributed by atoms with Crippen LogP contribution >= 0.6 is 0 Å². The number of halogens is 1. The lowest BCUT2D eigenvalue weighted by Crippen LogP contribution is -2.30. The maximum Gasteiger partial charge on any atom is 0.262 e. The Morgan fingerprint density at radius 2 is 1.69 bits per heavy atom. The van der Waals surface area contributed by atoms with E-state index in [9.17, 15) is 14.0 Å². The third-order valence-corrected chi connectivity index (χ3v) is 5.54. The molecule has 0 unspecified atom stereocenters. The predicted octanol–water partition coefficient (Wildman–Crippen LogP) is 4.18. The molecule has 4 rings (SSSR count). The molecule has 3 aromatic carbocycles. The number of hydrogen-bond donors (Lipinski definition) is 1. The molecule has 0 aliphatic heterocycles. The molecular formula is C26H24FN3O5. The summed E-state index contributed by atoms with van der Waals surface area (Å²) in [4.78, 5) is 31.0. The number of hydrogen-bond acceptors (Lipinski definition) is 6. The highest BCUT2D eigenvalue weighted by Gasteiger charge is 2.20. The van der Waals surface area contributed by atoms with Crippen LogP contribution in [0, 0.1) is 12.7 Å². The minimum atomic E-state index is -0.513. The standard InChI is InChI=1S/C26H24FN3O5/c1-15-9-10-17(13-19(15)27)28-23(31)14-30-25(29-20-8-6-5-7-18(20)26(30)32)16-11-21(33-2)24(35-4)22(12-16)34-3/h5-13H,14H2,1-4H3,(H,28,31). The number of aromatic nitrogens is 2. The van der Waals surface area contributed by atoms with Crippen LogP contribution < -0.4 is 25.1 Å². The molecule has 0 bridgehead atoms. The molecule has 0 aliphatic rings. The van der Waals surface area contributed by atoms with Crippen molar-refractivity contribution in [1.29, 1.82) is 0 Å². The summed E-state index contributed by atoms with van der Waals surface area (Å²) in [6, 6.07) is 14.6. The molecule has 8 nitrogen and oxygen atoms in total. The van der Waals surface area contributed by atoms with Crippen LogP contribution in [0.25, 0.3) is 22.3 Å². The third kappa shape index (κ3) is 4.65. The molecule has 4 aromatic rings. The van der Waals surface area contributed by atoms with E-state index in [0.717, 1.165) is 0 Å². The largest absolute Gasteiger partial charge is 0.493 e. The van der Waals surface area contributed by atoms with Gasteiger partial charge in [-0.3, -0.25) is 14.2 Å². The number of carbonyl (C=O) groups is 1. The fourth-order valence-electron chi connectivity index (χ4n) is 3.76. The average Bonchev–Trinajstić information content (AvgIpc) is 2.86. The third-order valence-electron chi connectivity index (χ3n) is 5.54. The Bertz CT molecular complexity index is 1460. The molecule has 1 aromatic heterocycles. The number of benzene rings is 3. The Morgan fingerprint density at radius 3 is 2.31 bits per heavy atom. The topological polar surface area (TPSA) is 91.7 Å². The van der Waals surface area contributed by atoms with Gasteiger partial charge in [0.05, 0.1) is 32.2 Å². The molecule has 0 spiro atoms. The number of ether oxygens (including phenoxy) is 3. The van der Waals surface area contributed by atoms with Gasteiger partial charge >= 0.3 is 0 Å². The highest BCUT2D eigenvalue weighted by Crippen LogP contribution is 2.40. The lowest BCUT2D eigenvalue weighted by Gasteiger charge is -2.17. The molecule has 9 heteroatoms. The van der Waals surface area contributed by atoms with Crippen LogP contribution in [0.5, 0.6) is 17.2 Å². The van der Waals surface area contributed by atoms with Crippen molar-refractivity contribution in [3.05, 3.63) is 76.3 Å². The van der Waals surface area contributed by atoms with Gasteiger partial charge in [-0.1, -0.05) is 18.2 Å². The molecule has 180 valence electrons. The van der Waals surface area contributed by atoms with Crippen molar-refractivity contribution in [3.63, 3.8) is 0 Å². The van der Waals surface area contributed by atoms with Gasteiger partial charge < -0.3 is 19.5 Å². The number of nitrogens with zero attached hydrogens (tertiary/aromatic N) is 2. The predicted molar refractivity (Wildman–Crippen MR) is 131 cm³/mol. The van der Waals surface area contributed by atoms with E-state index in [0.29, 0.717) is 39.3 Å². The summed E-state index contributed by atoms with van der Waals surface area (Å²) in [5, 5.41) is 3.00. The second-order valence-electron chi connectivity index (χ2n) is 7.77. The van der Waals surface area contributed by atoms with Crippen molar-refractivity contribution >= 4 is 22.5 Å². The molecule has 1 heterocycles. The quantitative estimate of drug-likeness (QED) is 0.430. The van der Waals surface area contributed by atoms with E-state index in [4.69, 9.17) is 14.2 Å². The van der Waals surface area contributed by atoms with Crippen LogP contribution in [0.2, 0.25) is 0 Å². The van der Waals surface area contributed by atoms with Gasteiger partial charge in [-0.2, -0.15) is 0 Å². The molecular weight excluding hydrogens is 453 g/mol. The zero-order valence-electron chi connectivity index (χ0n) is 19.7. The molecule has 0 atom stereocenters. The number of para-hydroxylation sites is 1. The first-order valence-corrected chi connectivity index (χ1v) is 10.7. The summed E-state index contributed by atoms with van der Waals surface area (Å²) in [6.07, 6.45) is 0. The summed E-state index contributed by atoms with van der Waals surface area (Å²) >= 11 is 0. The van der Waals surface area contributed by atoms with Crippen molar-refractivity contribution in [2.75, 3.05) is 26.6 Å². The van der Waals surface area contributed by atoms with Gasteiger partial charge in [-0.15, -0.1) is 0 Å². The number of aryl methyl sites for hydroxylation is 1. The van der Waals surface area contributed by atoms with Gasteiger partial charge in [0.1, 0.15) is 18.2 Å². The number of nitrogens with one attached hydrogen (secondary N) is 1. The van der Waals surface area contributed by atoms with Crippen molar-refractivity contribution < 1.29 is 23.4 Å². The van der Waals surface area contributed by atoms with Gasteiger partial charge in [0.25, 0.3) is 5.56 Å². The monoisotopic (exact) mass is 477 g/mol. The van der Waals surface area contributed by atoms with Gasteiger partial charge in [-0.05, 0) is 48.9 Å². The Hall–Kier alpha value is -4.40. The smallest absolute Gasteiger partial charge is 0.262 e. The molecule has 0 saturated carbocycles. The Labute approximate surface area is 200 Å². The van der Waals surface area contributed by atoms with Gasteiger partial charge in [-0.25, -0.2) is 9.37 Å². The van der Waals surface area contributed by atoms with Crippen LogP contribution in [0.4, 0.5) is 10.1 Å². The summed E-state index contributed by atoms with van der Waals surface area (Å²) < 4.78 is 31.5. The highest BCUT2D eigenvalue weighted by atomic mass is 19.1. The van der Waals surface area contributed by atoms with Crippen LogP contribution in [-0.4, -0.2) is 36.8 Å². The summed E-state index contributed by atoms with van der Waals surface area (Å²) in [6.45, 7) is 1.28. The van der Waals surface area contributed by atoms with Crippen molar-refractivity contribution in [3.8, 4) is 28.6 Å². The van der Waals surface area contributed by atoms with Crippen molar-refractivity contribution in [1.82, 2.24) is 9.55 Å². The zero-order valence-corrected chi connectivity index (χ0v) is 19.7. The first-order valence-electron chi connectivity index (χ1n) is 10.7. The number of methoxy groups -OCH3 is 3. The van der Waals surface area contributed by atoms with Crippen LogP contribution in [0.3, 0.4) is 0 Å². The minimum Gasteiger partial charge on any atom is -0.493 e. The summed E-state index contributed by atoms with van der Waals surface area (Å²) in [7, 11) is 4.45. The van der Waals surface area contributed by atoms with E-state index in [1.807, 2.05) is 0 Å². The highest BCUT2D eigenvalue weighted by molar-refractivity contribution is 5.91. The van der Waals surface area contributed by atoms with Gasteiger partial charge in [0.2, 0.25) is 11.7 Å². The van der Waals surface area contributed by atoms with E-state index in [2.05, 4.69) is 10.3 Å². The molecule has 1 amide bonds. The fraction of sp³-hybridized carbons (Fsp3) is 0.192. The van der Waals surface area contributed by atoms with Crippen LogP contribution in [0.1, 0.15) is 5.56 Å². The minimum absolute atomic E-state index is 0.234. The van der Waals surface area contributed by atoms with E-state index >= 15 is 0 Å². The zero-order chi connectivity index (χ0) is 25.1. The number of amides is 1. The Kier molecular flexibility index (Phi) is 6.68. The van der Waals surface area contributed by atoms with E-state index in [1.165, 1.54) is 32.0 Å². The lowest BCUT2D eigenvalue weighted by atomic mass is 10.1. The summed E-state index contributed by atoms with van der Waals surface area (Å²) in [5.41, 5.74) is 1.30. The Morgan fingerprint density at radius 1 is 1.00 bits per heavy atom. The normalized spacial score (nSPS) is 10.8. The molecule has 1 N–H and O–H groups in total. The molecule has 0 fully saturated rings. The molecule has 35 heavy (non-hydrogen) atoms. The van der Waals surface area contributed by atoms with Crippen molar-refractivity contribution in [2.45, 2.75) is 13.5 Å². The molecule has 0 radical (unpaired) electrons. The maximum atomic E-state index is 13.9. The number of rotatable bonds is 7. The lowest BCUT2D eigenvalue weighted by molar-refractivity contribution is -0.116. The van der Waals surface area contributed by atoms with Crippen molar-refractivity contribution in [2.24, 2.45) is 0 Å². The first-order chi connectivity index (χ1) is 16.9. The molecule has 0 saturated heterocycles. The van der Waals surface area contributed by atoms with E-state index in [1.54, 1.807) is 55.5 Å². The first kappa shape index (κ1) is 23.7. The Balaban J connectivity index is 1.84. The average molecular weight is 477 g/mol. The van der Waals surface area contributed by atoms with Gasteiger partial charge in [0, 0.05) is 11.3 Å². The second kappa shape index (κ2) is 9.84. The second-order valence-corrected chi connectivity index (χ2v) is 7.77.